The minimum atomic E-state index is -4.38. The number of aryl methyl sites for hydroxylation is 1. The van der Waals surface area contributed by atoms with Gasteiger partial charge in [-0.2, -0.15) is 13.2 Å². The number of rotatable bonds is 5. The zero-order chi connectivity index (χ0) is 15.6. The first kappa shape index (κ1) is 15.6. The molecule has 1 aliphatic rings. The van der Waals surface area contributed by atoms with Gasteiger partial charge >= 0.3 is 6.18 Å². The van der Waals surface area contributed by atoms with Gasteiger partial charge in [0.1, 0.15) is 12.4 Å². The molecule has 1 aliphatic carbocycles. The summed E-state index contributed by atoms with van der Waals surface area (Å²) in [4.78, 5) is 17.5. The first-order chi connectivity index (χ1) is 9.80. The molecule has 0 unspecified atom stereocenters. The van der Waals surface area contributed by atoms with Crippen LogP contribution < -0.4 is 5.32 Å². The number of pyridine rings is 1. The maximum atomic E-state index is 12.6. The lowest BCUT2D eigenvalue weighted by molar-refractivity contribution is -0.141. The number of nitrogens with zero attached hydrogens (tertiary/aromatic N) is 2. The predicted molar refractivity (Wildman–Crippen MR) is 73.3 cm³/mol. The Morgan fingerprint density at radius 2 is 2.10 bits per heavy atom. The zero-order valence-electron chi connectivity index (χ0n) is 12.0. The van der Waals surface area contributed by atoms with E-state index in [9.17, 15) is 18.0 Å². The smallest absolute Gasteiger partial charge is 0.370 e. The molecule has 1 heterocycles. The lowest BCUT2D eigenvalue weighted by Gasteiger charge is -2.24. The van der Waals surface area contributed by atoms with Crippen LogP contribution in [0, 0.1) is 6.92 Å². The number of carbonyl (C=O) groups is 1. The third-order valence-electron chi connectivity index (χ3n) is 3.16. The lowest BCUT2D eigenvalue weighted by Crippen LogP contribution is -2.40. The predicted octanol–water partition coefficient (Wildman–Crippen LogP) is 2.99. The average molecular weight is 301 g/mol. The van der Waals surface area contributed by atoms with E-state index < -0.39 is 18.6 Å². The van der Waals surface area contributed by atoms with Crippen LogP contribution in [0.2, 0.25) is 0 Å². The van der Waals surface area contributed by atoms with Gasteiger partial charge in [0.25, 0.3) is 5.91 Å². The van der Waals surface area contributed by atoms with Gasteiger partial charge in [-0.1, -0.05) is 0 Å². The van der Waals surface area contributed by atoms with Crippen molar-refractivity contribution in [2.45, 2.75) is 38.9 Å². The van der Waals surface area contributed by atoms with Crippen LogP contribution in [0.1, 0.15) is 35.8 Å². The minimum absolute atomic E-state index is 0.245. The quantitative estimate of drug-likeness (QED) is 0.909. The van der Waals surface area contributed by atoms with Crippen LogP contribution in [0.3, 0.4) is 0 Å². The van der Waals surface area contributed by atoms with E-state index in [1.54, 1.807) is 6.92 Å². The fourth-order valence-electron chi connectivity index (χ4n) is 2.18. The molecule has 21 heavy (non-hydrogen) atoms. The van der Waals surface area contributed by atoms with Gasteiger partial charge in [0.2, 0.25) is 0 Å². The van der Waals surface area contributed by atoms with Crippen molar-refractivity contribution in [3.63, 3.8) is 0 Å². The molecule has 1 N–H and O–H groups in total. The van der Waals surface area contributed by atoms with E-state index in [2.05, 4.69) is 10.3 Å². The molecule has 0 radical (unpaired) electrons. The van der Waals surface area contributed by atoms with E-state index in [4.69, 9.17) is 0 Å². The van der Waals surface area contributed by atoms with E-state index in [0.717, 1.165) is 4.90 Å². The summed E-state index contributed by atoms with van der Waals surface area (Å²) in [5.41, 5.74) is 0.842. The highest BCUT2D eigenvalue weighted by atomic mass is 19.4. The molecule has 0 atom stereocenters. The molecular weight excluding hydrogens is 283 g/mol. The van der Waals surface area contributed by atoms with Crippen LogP contribution in [-0.2, 0) is 0 Å². The number of anilines is 1. The number of hydrogen-bond donors (Lipinski definition) is 1. The van der Waals surface area contributed by atoms with Crippen LogP contribution in [0.5, 0.6) is 0 Å². The highest BCUT2D eigenvalue weighted by Crippen LogP contribution is 2.31. The van der Waals surface area contributed by atoms with Crippen molar-refractivity contribution in [3.05, 3.63) is 23.4 Å². The highest BCUT2D eigenvalue weighted by Gasteiger charge is 2.40. The fraction of sp³-hybridized carbons (Fsp3) is 0.571. The number of carbonyl (C=O) groups excluding carboxylic acids is 1. The number of amides is 1. The van der Waals surface area contributed by atoms with Crippen molar-refractivity contribution in [2.24, 2.45) is 0 Å². The van der Waals surface area contributed by atoms with Crippen molar-refractivity contribution in [3.8, 4) is 0 Å². The van der Waals surface area contributed by atoms with Crippen LogP contribution in [0.25, 0.3) is 0 Å². The van der Waals surface area contributed by atoms with Gasteiger partial charge in [0.05, 0.1) is 0 Å². The third-order valence-corrected chi connectivity index (χ3v) is 3.16. The summed E-state index contributed by atoms with van der Waals surface area (Å²) >= 11 is 0. The van der Waals surface area contributed by atoms with E-state index in [1.165, 1.54) is 12.1 Å². The molecule has 0 spiro atoms. The summed E-state index contributed by atoms with van der Waals surface area (Å²) in [6.45, 7) is 3.02. The molecule has 1 aromatic rings. The largest absolute Gasteiger partial charge is 0.406 e. The molecule has 0 aliphatic heterocycles. The van der Waals surface area contributed by atoms with E-state index >= 15 is 0 Å². The van der Waals surface area contributed by atoms with Crippen LogP contribution >= 0.6 is 0 Å². The molecule has 1 fully saturated rings. The summed E-state index contributed by atoms with van der Waals surface area (Å²) < 4.78 is 37.9. The van der Waals surface area contributed by atoms with Gasteiger partial charge in [0, 0.05) is 23.8 Å². The SMILES string of the molecule is CCNc1cc(C(=O)N(CC(F)(F)F)C2CC2)cc(C)n1. The Balaban J connectivity index is 2.24. The monoisotopic (exact) mass is 301 g/mol. The molecular formula is C14H18F3N3O. The van der Waals surface area contributed by atoms with Gasteiger partial charge < -0.3 is 10.2 Å². The normalized spacial score (nSPS) is 14.9. The van der Waals surface area contributed by atoms with Crippen molar-refractivity contribution in [1.82, 2.24) is 9.88 Å². The number of alkyl halides is 3. The average Bonchev–Trinajstić information content (AvgIpc) is 3.18. The second kappa shape index (κ2) is 5.91. The fourth-order valence-corrected chi connectivity index (χ4v) is 2.18. The molecule has 116 valence electrons. The van der Waals surface area contributed by atoms with E-state index in [1.807, 2.05) is 6.92 Å². The third kappa shape index (κ3) is 4.34. The number of hydrogen-bond acceptors (Lipinski definition) is 3. The Bertz CT molecular complexity index is 527. The molecule has 0 aromatic carbocycles. The molecule has 0 bridgehead atoms. The van der Waals surface area contributed by atoms with Gasteiger partial charge in [-0.05, 0) is 38.8 Å². The van der Waals surface area contributed by atoms with Gasteiger partial charge in [-0.15, -0.1) is 0 Å². The number of halogens is 3. The second-order valence-corrected chi connectivity index (χ2v) is 5.19. The van der Waals surface area contributed by atoms with E-state index in [-0.39, 0.29) is 11.6 Å². The van der Waals surface area contributed by atoms with Crippen molar-refractivity contribution < 1.29 is 18.0 Å². The van der Waals surface area contributed by atoms with Crippen molar-refractivity contribution in [1.29, 1.82) is 0 Å². The summed E-state index contributed by atoms with van der Waals surface area (Å²) in [5.74, 6) is -0.0805. The maximum Gasteiger partial charge on any atom is 0.406 e. The summed E-state index contributed by atoms with van der Waals surface area (Å²) in [5, 5.41) is 2.97. The van der Waals surface area contributed by atoms with E-state index in [0.29, 0.717) is 30.9 Å². The standard InChI is InChI=1S/C14H18F3N3O/c1-3-18-12-7-10(6-9(2)19-12)13(21)20(11-4-5-11)8-14(15,16)17/h6-7,11H,3-5,8H2,1-2H3,(H,18,19). The topological polar surface area (TPSA) is 45.2 Å². The molecule has 2 rings (SSSR count). The second-order valence-electron chi connectivity index (χ2n) is 5.19. The number of aromatic nitrogens is 1. The van der Waals surface area contributed by atoms with Crippen molar-refractivity contribution >= 4 is 11.7 Å². The molecule has 4 nitrogen and oxygen atoms in total. The zero-order valence-corrected chi connectivity index (χ0v) is 12.0. The van der Waals surface area contributed by atoms with Gasteiger partial charge in [0.15, 0.2) is 0 Å². The maximum absolute atomic E-state index is 12.6. The van der Waals surface area contributed by atoms with Crippen LogP contribution in [0.4, 0.5) is 19.0 Å². The van der Waals surface area contributed by atoms with Gasteiger partial charge in [-0.3, -0.25) is 4.79 Å². The minimum Gasteiger partial charge on any atom is -0.370 e. The summed E-state index contributed by atoms with van der Waals surface area (Å²) in [6.07, 6.45) is -3.12. The Hall–Kier alpha value is -1.79. The summed E-state index contributed by atoms with van der Waals surface area (Å²) in [7, 11) is 0. The van der Waals surface area contributed by atoms with Crippen LogP contribution in [0.15, 0.2) is 12.1 Å². The highest BCUT2D eigenvalue weighted by molar-refractivity contribution is 5.95. The first-order valence-corrected chi connectivity index (χ1v) is 6.90. The Labute approximate surface area is 121 Å². The molecule has 7 heteroatoms. The lowest BCUT2D eigenvalue weighted by atomic mass is 10.2. The summed E-state index contributed by atoms with van der Waals surface area (Å²) in [6, 6.07) is 2.73. The molecule has 0 saturated heterocycles. The molecule has 1 amide bonds. The Kier molecular flexibility index (Phi) is 4.39. The molecule has 1 saturated carbocycles. The Morgan fingerprint density at radius 3 is 2.62 bits per heavy atom. The van der Waals surface area contributed by atoms with Crippen LogP contribution in [-0.4, -0.2) is 41.1 Å². The Morgan fingerprint density at radius 1 is 1.43 bits per heavy atom. The van der Waals surface area contributed by atoms with Crippen molar-refractivity contribution in [2.75, 3.05) is 18.4 Å². The first-order valence-electron chi connectivity index (χ1n) is 6.90. The molecule has 1 aromatic heterocycles. The number of nitrogens with one attached hydrogen (secondary N) is 1. The van der Waals surface area contributed by atoms with Gasteiger partial charge in [-0.25, -0.2) is 4.98 Å².